The SMILES string of the molecule is CCC[N+](C)(C)CCO.O=C([O-])C(O)(c1ccccc1)c1ccccc1.[Br-]. The molecule has 0 atom stereocenters. The van der Waals surface area contributed by atoms with Crippen LogP contribution in [0.1, 0.15) is 24.5 Å². The molecule has 2 aromatic carbocycles. The molecule has 0 aliphatic carbocycles. The molecule has 0 saturated heterocycles. The van der Waals surface area contributed by atoms with Crippen LogP contribution in [-0.2, 0) is 10.4 Å². The lowest BCUT2D eigenvalue weighted by Gasteiger charge is -2.30. The minimum absolute atomic E-state index is 0. The molecule has 0 amide bonds. The molecule has 0 bridgehead atoms. The number of rotatable bonds is 7. The van der Waals surface area contributed by atoms with Gasteiger partial charge in [0.05, 0.1) is 33.2 Å². The molecule has 2 N–H and O–H groups in total. The third-order valence-corrected chi connectivity index (χ3v) is 4.21. The maximum atomic E-state index is 11.3. The monoisotopic (exact) mass is 438 g/mol. The number of halogens is 1. The molecule has 0 heterocycles. The van der Waals surface area contributed by atoms with Crippen molar-refractivity contribution >= 4 is 5.97 Å². The summed E-state index contributed by atoms with van der Waals surface area (Å²) in [5.41, 5.74) is -1.54. The Hall–Kier alpha value is -1.73. The number of hydrogen-bond donors (Lipinski definition) is 2. The molecule has 0 radical (unpaired) electrons. The molecule has 6 heteroatoms. The van der Waals surface area contributed by atoms with Crippen LogP contribution in [0.15, 0.2) is 60.7 Å². The highest BCUT2D eigenvalue weighted by Gasteiger charge is 2.32. The summed E-state index contributed by atoms with van der Waals surface area (Å²) in [6.07, 6.45) is 1.19. The highest BCUT2D eigenvalue weighted by Crippen LogP contribution is 2.28. The van der Waals surface area contributed by atoms with Gasteiger partial charge >= 0.3 is 0 Å². The molecule has 2 aromatic rings. The first kappa shape index (κ1) is 25.3. The van der Waals surface area contributed by atoms with Gasteiger partial charge < -0.3 is 41.6 Å². The van der Waals surface area contributed by atoms with Crippen molar-refractivity contribution in [2.45, 2.75) is 18.9 Å². The first-order valence-corrected chi connectivity index (χ1v) is 8.75. The first-order chi connectivity index (χ1) is 12.3. The zero-order valence-corrected chi connectivity index (χ0v) is 17.7. The van der Waals surface area contributed by atoms with Gasteiger partial charge in [-0.1, -0.05) is 67.6 Å². The summed E-state index contributed by atoms with van der Waals surface area (Å²) in [4.78, 5) is 11.3. The number of nitrogens with zero attached hydrogens (tertiary/aromatic N) is 1. The number of aliphatic carboxylic acids is 1. The molecule has 0 aliphatic rings. The molecule has 2 rings (SSSR count). The van der Waals surface area contributed by atoms with E-state index in [1.807, 2.05) is 0 Å². The van der Waals surface area contributed by atoms with Gasteiger partial charge in [-0.25, -0.2) is 0 Å². The van der Waals surface area contributed by atoms with Crippen molar-refractivity contribution in [2.75, 3.05) is 33.8 Å². The first-order valence-electron chi connectivity index (χ1n) is 8.75. The molecule has 0 aromatic heterocycles. The third-order valence-electron chi connectivity index (χ3n) is 4.21. The molecule has 27 heavy (non-hydrogen) atoms. The van der Waals surface area contributed by atoms with Gasteiger partial charge in [0.1, 0.15) is 6.54 Å². The fraction of sp³-hybridized carbons (Fsp3) is 0.381. The largest absolute Gasteiger partial charge is 1.00 e. The van der Waals surface area contributed by atoms with Crippen LogP contribution >= 0.6 is 0 Å². The fourth-order valence-corrected chi connectivity index (χ4v) is 2.75. The minimum atomic E-state index is -2.11. The normalized spacial score (nSPS) is 11.0. The van der Waals surface area contributed by atoms with E-state index in [0.717, 1.165) is 17.6 Å². The van der Waals surface area contributed by atoms with Crippen molar-refractivity contribution < 1.29 is 41.6 Å². The Kier molecular flexibility index (Phi) is 11.1. The van der Waals surface area contributed by atoms with Gasteiger partial charge in [0.25, 0.3) is 0 Å². The van der Waals surface area contributed by atoms with E-state index in [4.69, 9.17) is 5.11 Å². The molecule has 150 valence electrons. The predicted octanol–water partition coefficient (Wildman–Crippen LogP) is -1.86. The molecular formula is C21H29BrNO4-. The summed E-state index contributed by atoms with van der Waals surface area (Å²) in [5.74, 6) is -1.53. The predicted molar refractivity (Wildman–Crippen MR) is 100 cm³/mol. The number of aliphatic hydroxyl groups excluding tert-OH is 1. The van der Waals surface area contributed by atoms with Crippen LogP contribution in [-0.4, -0.2) is 54.5 Å². The summed E-state index contributed by atoms with van der Waals surface area (Å²) in [6, 6.07) is 16.4. The third kappa shape index (κ3) is 7.42. The van der Waals surface area contributed by atoms with E-state index in [1.54, 1.807) is 60.7 Å². The van der Waals surface area contributed by atoms with Gasteiger partial charge in [0.15, 0.2) is 5.60 Å². The highest BCUT2D eigenvalue weighted by atomic mass is 79.9. The number of carboxylic acids is 1. The van der Waals surface area contributed by atoms with E-state index < -0.39 is 11.6 Å². The van der Waals surface area contributed by atoms with Crippen LogP contribution in [0, 0.1) is 0 Å². The maximum absolute atomic E-state index is 11.3. The number of quaternary nitrogens is 1. The Bertz CT molecular complexity index is 615. The van der Waals surface area contributed by atoms with Crippen molar-refractivity contribution in [3.8, 4) is 0 Å². The van der Waals surface area contributed by atoms with E-state index in [9.17, 15) is 15.0 Å². The number of likely N-dealkylation sites (N-methyl/N-ethyl adjacent to an activating group) is 1. The summed E-state index contributed by atoms with van der Waals surface area (Å²) < 4.78 is 0.938. The van der Waals surface area contributed by atoms with Gasteiger partial charge in [0, 0.05) is 0 Å². The molecular weight excluding hydrogens is 410 g/mol. The minimum Gasteiger partial charge on any atom is -1.00 e. The average molecular weight is 439 g/mol. The van der Waals surface area contributed by atoms with Gasteiger partial charge in [-0.15, -0.1) is 0 Å². The quantitative estimate of drug-likeness (QED) is 0.496. The lowest BCUT2D eigenvalue weighted by molar-refractivity contribution is -0.890. The number of carboxylic acid groups (broad SMARTS) is 1. The van der Waals surface area contributed by atoms with Crippen LogP contribution in [0.5, 0.6) is 0 Å². The zero-order chi connectivity index (χ0) is 19.6. The smallest absolute Gasteiger partial charge is 0.154 e. The van der Waals surface area contributed by atoms with Gasteiger partial charge in [-0.2, -0.15) is 0 Å². The van der Waals surface area contributed by atoms with E-state index in [1.165, 1.54) is 6.42 Å². The Labute approximate surface area is 172 Å². The topological polar surface area (TPSA) is 80.6 Å². The summed E-state index contributed by atoms with van der Waals surface area (Å²) in [5, 5.41) is 30.2. The second-order valence-corrected chi connectivity index (χ2v) is 6.84. The lowest BCUT2D eigenvalue weighted by atomic mass is 9.86. The van der Waals surface area contributed by atoms with Crippen molar-refractivity contribution in [1.29, 1.82) is 0 Å². The molecule has 0 spiro atoms. The van der Waals surface area contributed by atoms with Crippen molar-refractivity contribution in [3.05, 3.63) is 71.8 Å². The zero-order valence-electron chi connectivity index (χ0n) is 16.1. The standard InChI is InChI=1S/C14H12O3.C7H18NO.BrH/c15-13(16)14(17,11-7-3-1-4-8-11)12-9-5-2-6-10-12;1-4-5-8(2,3)6-7-9;/h1-10,17H,(H,15,16);9H,4-7H2,1-3H3;1H/q;+1;/p-2. The average Bonchev–Trinajstić information content (AvgIpc) is 2.62. The van der Waals surface area contributed by atoms with Crippen LogP contribution in [0.4, 0.5) is 0 Å². The lowest BCUT2D eigenvalue weighted by Crippen LogP contribution is -3.00. The summed E-state index contributed by atoms with van der Waals surface area (Å²) >= 11 is 0. The van der Waals surface area contributed by atoms with Crippen LogP contribution in [0.3, 0.4) is 0 Å². The van der Waals surface area contributed by atoms with E-state index in [0.29, 0.717) is 6.61 Å². The number of hydrogen-bond acceptors (Lipinski definition) is 4. The van der Waals surface area contributed by atoms with Crippen molar-refractivity contribution in [3.63, 3.8) is 0 Å². The van der Waals surface area contributed by atoms with E-state index in [-0.39, 0.29) is 28.1 Å². The van der Waals surface area contributed by atoms with Crippen LogP contribution in [0.25, 0.3) is 0 Å². The van der Waals surface area contributed by atoms with Crippen LogP contribution in [0.2, 0.25) is 0 Å². The van der Waals surface area contributed by atoms with E-state index in [2.05, 4.69) is 21.0 Å². The Morgan fingerprint density at radius 1 is 0.963 bits per heavy atom. The maximum Gasteiger partial charge on any atom is 0.154 e. The van der Waals surface area contributed by atoms with Crippen molar-refractivity contribution in [2.24, 2.45) is 0 Å². The molecule has 0 saturated carbocycles. The number of benzene rings is 2. The van der Waals surface area contributed by atoms with Crippen molar-refractivity contribution in [1.82, 2.24) is 0 Å². The molecule has 0 fully saturated rings. The van der Waals surface area contributed by atoms with Gasteiger partial charge in [-0.05, 0) is 17.5 Å². The number of aliphatic hydroxyl groups is 2. The highest BCUT2D eigenvalue weighted by molar-refractivity contribution is 5.81. The van der Waals surface area contributed by atoms with E-state index >= 15 is 0 Å². The number of carbonyl (C=O) groups excluding carboxylic acids is 1. The summed E-state index contributed by atoms with van der Waals surface area (Å²) in [6.45, 7) is 4.48. The Balaban J connectivity index is 0.000000584. The number of carbonyl (C=O) groups is 1. The second kappa shape index (κ2) is 11.9. The summed E-state index contributed by atoms with van der Waals surface area (Å²) in [7, 11) is 4.28. The molecule has 5 nitrogen and oxygen atoms in total. The Morgan fingerprint density at radius 3 is 1.67 bits per heavy atom. The fourth-order valence-electron chi connectivity index (χ4n) is 2.75. The van der Waals surface area contributed by atoms with Gasteiger partial charge in [-0.3, -0.25) is 0 Å². The Morgan fingerprint density at radius 2 is 1.37 bits per heavy atom. The van der Waals surface area contributed by atoms with Crippen LogP contribution < -0.4 is 22.1 Å². The van der Waals surface area contributed by atoms with Gasteiger partial charge in [0.2, 0.25) is 0 Å². The molecule has 0 aliphatic heterocycles. The molecule has 0 unspecified atom stereocenters. The second-order valence-electron chi connectivity index (χ2n) is 6.84.